The zero-order chi connectivity index (χ0) is 19.4. The van der Waals surface area contributed by atoms with Gasteiger partial charge in [-0.15, -0.1) is 0 Å². The van der Waals surface area contributed by atoms with Gasteiger partial charge in [0.25, 0.3) is 5.91 Å². The van der Waals surface area contributed by atoms with E-state index in [2.05, 4.69) is 11.2 Å². The third-order valence-corrected chi connectivity index (χ3v) is 4.49. The van der Waals surface area contributed by atoms with Crippen LogP contribution in [-0.4, -0.2) is 21.7 Å². The molecule has 3 N–H and O–H groups in total. The molecule has 1 amide bonds. The number of alkyl halides is 3. The maximum Gasteiger partial charge on any atom is 0.417 e. The number of aliphatic hydroxyl groups excluding tert-OH is 1. The minimum Gasteiger partial charge on any atom is -0.462 e. The van der Waals surface area contributed by atoms with Crippen LogP contribution in [-0.2, 0) is 11.0 Å². The fraction of sp³-hybridized carbons (Fsp3) is 0.444. The molecule has 0 spiro atoms. The number of anilines is 1. The SMILES string of the molecule is N#Cc1ccc(NC(=O)C(O)(C#CO)C2CCCCC2)cc1C(F)(F)F. The largest absolute Gasteiger partial charge is 0.462 e. The molecular weight excluding hydrogens is 349 g/mol. The van der Waals surface area contributed by atoms with Crippen LogP contribution in [0.5, 0.6) is 0 Å². The van der Waals surface area contributed by atoms with Gasteiger partial charge in [0.15, 0.2) is 0 Å². The maximum atomic E-state index is 13.0. The Hall–Kier alpha value is -2.71. The number of hydrogen-bond acceptors (Lipinski definition) is 4. The highest BCUT2D eigenvalue weighted by molar-refractivity contribution is 6.00. The summed E-state index contributed by atoms with van der Waals surface area (Å²) >= 11 is 0. The molecule has 8 heteroatoms. The molecule has 26 heavy (non-hydrogen) atoms. The molecule has 2 rings (SSSR count). The highest BCUT2D eigenvalue weighted by Gasteiger charge is 2.43. The minimum atomic E-state index is -4.77. The molecule has 1 atom stereocenters. The first kappa shape index (κ1) is 19.6. The van der Waals surface area contributed by atoms with E-state index in [4.69, 9.17) is 10.4 Å². The molecule has 138 valence electrons. The molecule has 1 unspecified atom stereocenters. The zero-order valence-corrected chi connectivity index (χ0v) is 13.7. The van der Waals surface area contributed by atoms with Crippen LogP contribution in [0.4, 0.5) is 18.9 Å². The lowest BCUT2D eigenvalue weighted by atomic mass is 9.76. The lowest BCUT2D eigenvalue weighted by Crippen LogP contribution is -2.49. The van der Waals surface area contributed by atoms with Crippen molar-refractivity contribution < 1.29 is 28.2 Å². The van der Waals surface area contributed by atoms with Crippen molar-refractivity contribution in [3.63, 3.8) is 0 Å². The topological polar surface area (TPSA) is 93.4 Å². The van der Waals surface area contributed by atoms with E-state index in [1.54, 1.807) is 6.11 Å². The molecule has 1 saturated carbocycles. The van der Waals surface area contributed by atoms with Crippen LogP contribution in [0.15, 0.2) is 18.2 Å². The van der Waals surface area contributed by atoms with Crippen LogP contribution in [0.25, 0.3) is 0 Å². The van der Waals surface area contributed by atoms with Crippen LogP contribution in [0, 0.1) is 29.3 Å². The van der Waals surface area contributed by atoms with Crippen molar-refractivity contribution >= 4 is 11.6 Å². The van der Waals surface area contributed by atoms with Gasteiger partial charge in [-0.3, -0.25) is 4.79 Å². The molecule has 0 bridgehead atoms. The fourth-order valence-corrected chi connectivity index (χ4v) is 3.13. The Labute approximate surface area is 148 Å². The van der Waals surface area contributed by atoms with E-state index in [1.165, 1.54) is 6.07 Å². The van der Waals surface area contributed by atoms with E-state index in [-0.39, 0.29) is 5.69 Å². The smallest absolute Gasteiger partial charge is 0.417 e. The van der Waals surface area contributed by atoms with Crippen LogP contribution in [0.3, 0.4) is 0 Å². The van der Waals surface area contributed by atoms with E-state index >= 15 is 0 Å². The van der Waals surface area contributed by atoms with Gasteiger partial charge in [0.2, 0.25) is 5.60 Å². The Kier molecular flexibility index (Phi) is 5.79. The van der Waals surface area contributed by atoms with Crippen molar-refractivity contribution in [1.82, 2.24) is 0 Å². The number of hydrogen-bond donors (Lipinski definition) is 3. The second-order valence-corrected chi connectivity index (χ2v) is 6.16. The van der Waals surface area contributed by atoms with Gasteiger partial charge in [-0.25, -0.2) is 0 Å². The number of benzene rings is 1. The van der Waals surface area contributed by atoms with Gasteiger partial charge in [0.05, 0.1) is 17.2 Å². The standard InChI is InChI=1S/C18H17F3N2O3/c19-18(20,21)15-10-14(7-6-12(15)11-22)23-16(25)17(26,8-9-24)13-4-2-1-3-5-13/h6-7,10,13,24,26H,1-5H2,(H,23,25). The van der Waals surface area contributed by atoms with Crippen LogP contribution >= 0.6 is 0 Å². The van der Waals surface area contributed by atoms with Crippen molar-refractivity contribution in [2.45, 2.75) is 43.9 Å². The van der Waals surface area contributed by atoms with Gasteiger partial charge in [-0.2, -0.15) is 18.4 Å². The van der Waals surface area contributed by atoms with Gasteiger partial charge < -0.3 is 15.5 Å². The first-order chi connectivity index (χ1) is 12.2. The quantitative estimate of drug-likeness (QED) is 0.717. The second-order valence-electron chi connectivity index (χ2n) is 6.16. The van der Waals surface area contributed by atoms with Gasteiger partial charge in [-0.05, 0) is 37.0 Å². The van der Waals surface area contributed by atoms with Crippen LogP contribution in [0.2, 0.25) is 0 Å². The van der Waals surface area contributed by atoms with E-state index < -0.39 is 34.7 Å². The molecule has 1 fully saturated rings. The molecule has 0 heterocycles. The molecule has 1 aromatic rings. The van der Waals surface area contributed by atoms with E-state index in [9.17, 15) is 23.1 Å². The summed E-state index contributed by atoms with van der Waals surface area (Å²) in [5.74, 6) is 0.549. The third kappa shape index (κ3) is 4.09. The number of nitrogens with one attached hydrogen (secondary N) is 1. The lowest BCUT2D eigenvalue weighted by Gasteiger charge is -2.33. The average molecular weight is 366 g/mol. The normalized spacial score (nSPS) is 17.3. The number of nitriles is 1. The lowest BCUT2D eigenvalue weighted by molar-refractivity contribution is -0.138. The van der Waals surface area contributed by atoms with E-state index in [0.29, 0.717) is 18.9 Å². The number of halogens is 3. The average Bonchev–Trinajstić information content (AvgIpc) is 2.61. The van der Waals surface area contributed by atoms with Crippen molar-refractivity contribution in [2.75, 3.05) is 5.32 Å². The van der Waals surface area contributed by atoms with Crippen LogP contribution < -0.4 is 5.32 Å². The number of carbonyl (C=O) groups excluding carboxylic acids is 1. The van der Waals surface area contributed by atoms with E-state index in [0.717, 1.165) is 31.4 Å². The molecule has 1 aliphatic carbocycles. The summed E-state index contributed by atoms with van der Waals surface area (Å²) in [6.07, 6.45) is 0.312. The number of rotatable bonds is 3. The Morgan fingerprint density at radius 2 is 1.88 bits per heavy atom. The molecule has 0 saturated heterocycles. The molecule has 5 nitrogen and oxygen atoms in total. The van der Waals surface area contributed by atoms with Crippen molar-refractivity contribution in [2.24, 2.45) is 5.92 Å². The maximum absolute atomic E-state index is 13.0. The van der Waals surface area contributed by atoms with Gasteiger partial charge >= 0.3 is 6.18 Å². The predicted octanol–water partition coefficient (Wildman–Crippen LogP) is 3.16. The van der Waals surface area contributed by atoms with Crippen LogP contribution in [0.1, 0.15) is 43.2 Å². The summed E-state index contributed by atoms with van der Waals surface area (Å²) in [4.78, 5) is 12.5. The van der Waals surface area contributed by atoms with Crippen molar-refractivity contribution in [1.29, 1.82) is 5.26 Å². The minimum absolute atomic E-state index is 0.227. The first-order valence-electron chi connectivity index (χ1n) is 8.04. The van der Waals surface area contributed by atoms with E-state index in [1.807, 2.05) is 0 Å². The molecule has 0 aromatic heterocycles. The number of amides is 1. The zero-order valence-electron chi connectivity index (χ0n) is 13.7. The summed E-state index contributed by atoms with van der Waals surface area (Å²) in [5, 5.41) is 30.6. The summed E-state index contributed by atoms with van der Waals surface area (Å²) < 4.78 is 39.1. The second kappa shape index (κ2) is 7.67. The van der Waals surface area contributed by atoms with Crippen molar-refractivity contribution in [3.05, 3.63) is 29.3 Å². The number of nitrogens with zero attached hydrogens (tertiary/aromatic N) is 1. The summed E-state index contributed by atoms with van der Waals surface area (Å²) in [6.45, 7) is 0. The molecule has 1 aromatic carbocycles. The van der Waals surface area contributed by atoms with Gasteiger partial charge in [0.1, 0.15) is 6.11 Å². The summed E-state index contributed by atoms with van der Waals surface area (Å²) in [7, 11) is 0. The highest BCUT2D eigenvalue weighted by Crippen LogP contribution is 2.35. The first-order valence-corrected chi connectivity index (χ1v) is 8.04. The molecule has 0 aliphatic heterocycles. The van der Waals surface area contributed by atoms with Gasteiger partial charge in [0, 0.05) is 11.6 Å². The summed E-state index contributed by atoms with van der Waals surface area (Å²) in [6, 6.07) is 4.16. The summed E-state index contributed by atoms with van der Waals surface area (Å²) in [5.41, 5.74) is -4.20. The Bertz CT molecular complexity index is 784. The Morgan fingerprint density at radius 1 is 1.23 bits per heavy atom. The number of carbonyl (C=O) groups is 1. The Balaban J connectivity index is 2.32. The monoisotopic (exact) mass is 366 g/mol. The highest BCUT2D eigenvalue weighted by atomic mass is 19.4. The van der Waals surface area contributed by atoms with Gasteiger partial charge in [-0.1, -0.05) is 19.3 Å². The molecule has 1 aliphatic rings. The number of aliphatic hydroxyl groups is 2. The predicted molar refractivity (Wildman–Crippen MR) is 86.0 cm³/mol. The molecular formula is C18H17F3N2O3. The fourth-order valence-electron chi connectivity index (χ4n) is 3.13. The Morgan fingerprint density at radius 3 is 2.42 bits per heavy atom. The molecule has 0 radical (unpaired) electrons. The van der Waals surface area contributed by atoms with Crippen molar-refractivity contribution in [3.8, 4) is 18.1 Å². The third-order valence-electron chi connectivity index (χ3n) is 4.49.